The van der Waals surface area contributed by atoms with E-state index in [1.54, 1.807) is 11.4 Å². The molecule has 0 saturated heterocycles. The summed E-state index contributed by atoms with van der Waals surface area (Å²) in [4.78, 5) is 11.9. The number of alkyl halides is 6. The Kier molecular flexibility index (Phi) is 5.39. The van der Waals surface area contributed by atoms with E-state index in [1.165, 1.54) is 30.3 Å². The fraction of sp³-hybridized carbons (Fsp3) is 0.235. The zero-order valence-corrected chi connectivity index (χ0v) is 12.7. The van der Waals surface area contributed by atoms with Crippen LogP contribution in [0.3, 0.4) is 0 Å². The van der Waals surface area contributed by atoms with Crippen LogP contribution in [0.4, 0.5) is 26.3 Å². The molecule has 1 N–H and O–H groups in total. The molecule has 0 aliphatic carbocycles. The summed E-state index contributed by atoms with van der Waals surface area (Å²) in [7, 11) is 0. The molecule has 0 aliphatic heterocycles. The lowest BCUT2D eigenvalue weighted by Gasteiger charge is -2.23. The Hall–Kier alpha value is -2.51. The summed E-state index contributed by atoms with van der Waals surface area (Å²) in [6, 6.07) is 8.69. The lowest BCUT2D eigenvalue weighted by atomic mass is 9.99. The third-order valence-corrected chi connectivity index (χ3v) is 3.48. The molecule has 2 nitrogen and oxygen atoms in total. The minimum atomic E-state index is -4.90. The highest BCUT2D eigenvalue weighted by Crippen LogP contribution is 2.34. The van der Waals surface area contributed by atoms with Crippen LogP contribution in [0.1, 0.15) is 21.5 Å². The SMILES string of the molecule is O=C(N[C@@H](Cc1ccccc1C(F)(F)F)C(F)(F)F)c1ccccc1. The van der Waals surface area contributed by atoms with Gasteiger partial charge in [0.25, 0.3) is 5.91 Å². The summed E-state index contributed by atoms with van der Waals surface area (Å²) in [6.07, 6.45) is -10.7. The van der Waals surface area contributed by atoms with E-state index in [-0.39, 0.29) is 5.56 Å². The average molecular weight is 361 g/mol. The number of hydrogen-bond acceptors (Lipinski definition) is 1. The van der Waals surface area contributed by atoms with Gasteiger partial charge in [-0.2, -0.15) is 26.3 Å². The summed E-state index contributed by atoms with van der Waals surface area (Å²) in [5.74, 6) is -1.01. The lowest BCUT2D eigenvalue weighted by molar-refractivity contribution is -0.155. The van der Waals surface area contributed by atoms with Gasteiger partial charge in [0.2, 0.25) is 0 Å². The normalized spacial score (nSPS) is 13.4. The summed E-state index contributed by atoms with van der Waals surface area (Å²) in [6.45, 7) is 0. The minimum absolute atomic E-state index is 0.0131. The van der Waals surface area contributed by atoms with Crippen molar-refractivity contribution in [2.45, 2.75) is 24.8 Å². The number of carbonyl (C=O) groups excluding carboxylic acids is 1. The Balaban J connectivity index is 2.27. The van der Waals surface area contributed by atoms with Crippen molar-refractivity contribution in [1.82, 2.24) is 5.32 Å². The highest BCUT2D eigenvalue weighted by molar-refractivity contribution is 5.94. The largest absolute Gasteiger partial charge is 0.416 e. The standard InChI is InChI=1S/C17H13F6NO/c18-16(19,20)13-9-5-4-8-12(13)10-14(17(21,22)23)24-15(25)11-6-2-1-3-7-11/h1-9,14H,10H2,(H,24,25)/t14-/m0/s1. The quantitative estimate of drug-likeness (QED) is 0.792. The lowest BCUT2D eigenvalue weighted by Crippen LogP contribution is -2.47. The smallest absolute Gasteiger partial charge is 0.340 e. The predicted octanol–water partition coefficient (Wildman–Crippen LogP) is 4.61. The Morgan fingerprint density at radius 1 is 0.880 bits per heavy atom. The van der Waals surface area contributed by atoms with Crippen molar-refractivity contribution < 1.29 is 31.1 Å². The van der Waals surface area contributed by atoms with Gasteiger partial charge in [-0.15, -0.1) is 0 Å². The highest BCUT2D eigenvalue weighted by atomic mass is 19.4. The monoisotopic (exact) mass is 361 g/mol. The van der Waals surface area contributed by atoms with Gasteiger partial charge in [-0.1, -0.05) is 36.4 Å². The van der Waals surface area contributed by atoms with Crippen LogP contribution in [0.5, 0.6) is 0 Å². The molecule has 8 heteroatoms. The summed E-state index contributed by atoms with van der Waals surface area (Å²) < 4.78 is 78.5. The molecule has 2 aromatic rings. The van der Waals surface area contributed by atoms with Gasteiger partial charge in [-0.05, 0) is 23.8 Å². The molecule has 0 aliphatic rings. The zero-order valence-electron chi connectivity index (χ0n) is 12.7. The first kappa shape index (κ1) is 18.8. The van der Waals surface area contributed by atoms with Crippen molar-refractivity contribution in [3.05, 3.63) is 71.3 Å². The molecule has 0 radical (unpaired) electrons. The number of carbonyl (C=O) groups is 1. The van der Waals surface area contributed by atoms with Crippen LogP contribution >= 0.6 is 0 Å². The number of hydrogen-bond donors (Lipinski definition) is 1. The van der Waals surface area contributed by atoms with Crippen molar-refractivity contribution >= 4 is 5.91 Å². The van der Waals surface area contributed by atoms with E-state index in [0.717, 1.165) is 12.1 Å². The van der Waals surface area contributed by atoms with Gasteiger partial charge in [-0.25, -0.2) is 0 Å². The van der Waals surface area contributed by atoms with Gasteiger partial charge >= 0.3 is 12.4 Å². The van der Waals surface area contributed by atoms with Crippen molar-refractivity contribution in [3.8, 4) is 0 Å². The first-order chi connectivity index (χ1) is 11.6. The molecule has 0 aromatic heterocycles. The number of benzene rings is 2. The van der Waals surface area contributed by atoms with Gasteiger partial charge in [0.1, 0.15) is 6.04 Å². The van der Waals surface area contributed by atoms with Crippen LogP contribution in [0.15, 0.2) is 54.6 Å². The van der Waals surface area contributed by atoms with E-state index in [9.17, 15) is 31.1 Å². The third-order valence-electron chi connectivity index (χ3n) is 3.48. The molecule has 1 atom stereocenters. The molecule has 0 unspecified atom stereocenters. The minimum Gasteiger partial charge on any atom is -0.340 e. The Labute approximate surface area is 139 Å². The number of nitrogens with one attached hydrogen (secondary N) is 1. The molecular formula is C17H13F6NO. The van der Waals surface area contributed by atoms with Crippen LogP contribution in [-0.2, 0) is 12.6 Å². The molecule has 0 fully saturated rings. The first-order valence-corrected chi connectivity index (χ1v) is 7.17. The second-order valence-electron chi connectivity index (χ2n) is 5.29. The van der Waals surface area contributed by atoms with E-state index in [2.05, 4.69) is 0 Å². The maximum Gasteiger partial charge on any atom is 0.416 e. The van der Waals surface area contributed by atoms with Crippen molar-refractivity contribution in [2.24, 2.45) is 0 Å². The summed E-state index contributed by atoms with van der Waals surface area (Å²) in [5, 5.41) is 1.77. The average Bonchev–Trinajstić information content (AvgIpc) is 2.53. The second kappa shape index (κ2) is 7.16. The van der Waals surface area contributed by atoms with Crippen molar-refractivity contribution in [1.29, 1.82) is 0 Å². The Morgan fingerprint density at radius 2 is 1.44 bits per heavy atom. The third kappa shape index (κ3) is 4.98. The number of rotatable bonds is 4. The van der Waals surface area contributed by atoms with Gasteiger partial charge in [0.15, 0.2) is 0 Å². The molecule has 1 amide bonds. The van der Waals surface area contributed by atoms with Gasteiger partial charge in [0.05, 0.1) is 5.56 Å². The van der Waals surface area contributed by atoms with E-state index >= 15 is 0 Å². The van der Waals surface area contributed by atoms with Gasteiger partial charge in [-0.3, -0.25) is 4.79 Å². The van der Waals surface area contributed by atoms with E-state index in [4.69, 9.17) is 0 Å². The maximum absolute atomic E-state index is 13.2. The summed E-state index contributed by atoms with van der Waals surface area (Å²) in [5.41, 5.74) is -1.70. The Morgan fingerprint density at radius 3 is 2.00 bits per heavy atom. The fourth-order valence-electron chi connectivity index (χ4n) is 2.27. The number of amides is 1. The van der Waals surface area contributed by atoms with Crippen LogP contribution in [-0.4, -0.2) is 18.1 Å². The van der Waals surface area contributed by atoms with E-state index in [0.29, 0.717) is 6.07 Å². The molecular weight excluding hydrogens is 348 g/mol. The summed E-state index contributed by atoms with van der Waals surface area (Å²) >= 11 is 0. The number of halogens is 6. The van der Waals surface area contributed by atoms with E-state index < -0.39 is 41.8 Å². The molecule has 0 spiro atoms. The molecule has 0 heterocycles. The molecule has 0 bridgehead atoms. The molecule has 25 heavy (non-hydrogen) atoms. The first-order valence-electron chi connectivity index (χ1n) is 7.17. The fourth-order valence-corrected chi connectivity index (χ4v) is 2.27. The topological polar surface area (TPSA) is 29.1 Å². The maximum atomic E-state index is 13.2. The molecule has 0 saturated carbocycles. The second-order valence-corrected chi connectivity index (χ2v) is 5.29. The highest BCUT2D eigenvalue weighted by Gasteiger charge is 2.42. The predicted molar refractivity (Wildman–Crippen MR) is 78.9 cm³/mol. The Bertz CT molecular complexity index is 724. The molecule has 2 rings (SSSR count). The van der Waals surface area contributed by atoms with Crippen LogP contribution in [0.2, 0.25) is 0 Å². The molecule has 134 valence electrons. The zero-order chi connectivity index (χ0) is 18.7. The van der Waals surface area contributed by atoms with Crippen LogP contribution < -0.4 is 5.32 Å². The van der Waals surface area contributed by atoms with Gasteiger partial charge < -0.3 is 5.32 Å². The van der Waals surface area contributed by atoms with E-state index in [1.807, 2.05) is 0 Å². The molecule has 2 aromatic carbocycles. The van der Waals surface area contributed by atoms with Crippen molar-refractivity contribution in [2.75, 3.05) is 0 Å². The van der Waals surface area contributed by atoms with Gasteiger partial charge in [0, 0.05) is 12.0 Å². The van der Waals surface area contributed by atoms with Crippen LogP contribution in [0.25, 0.3) is 0 Å². The van der Waals surface area contributed by atoms with Crippen LogP contribution in [0, 0.1) is 0 Å². The van der Waals surface area contributed by atoms with Crippen molar-refractivity contribution in [3.63, 3.8) is 0 Å².